The van der Waals surface area contributed by atoms with Crippen LogP contribution < -0.4 is 15.5 Å². The number of carbonyl (C=O) groups excluding carboxylic acids is 3. The third kappa shape index (κ3) is 4.93. The number of nitrogens with zero attached hydrogens (tertiary/aromatic N) is 1. The molecular formula is C22H20ClN3O3S. The Hall–Kier alpha value is -3.03. The molecule has 0 aliphatic carbocycles. The van der Waals surface area contributed by atoms with Crippen LogP contribution in [0.4, 0.5) is 16.2 Å². The Morgan fingerprint density at radius 2 is 1.77 bits per heavy atom. The van der Waals surface area contributed by atoms with Crippen molar-refractivity contribution in [2.24, 2.45) is 0 Å². The maximum absolute atomic E-state index is 12.6. The second-order valence-corrected chi connectivity index (χ2v) is 7.77. The second-order valence-electron chi connectivity index (χ2n) is 6.43. The van der Waals surface area contributed by atoms with Crippen molar-refractivity contribution < 1.29 is 14.4 Å². The Morgan fingerprint density at radius 1 is 1.03 bits per heavy atom. The van der Waals surface area contributed by atoms with Gasteiger partial charge >= 0.3 is 0 Å². The number of thioether (sulfide) groups is 1. The summed E-state index contributed by atoms with van der Waals surface area (Å²) in [5.74, 6) is -0.705. The van der Waals surface area contributed by atoms with Crippen LogP contribution in [0.25, 0.3) is 10.8 Å². The van der Waals surface area contributed by atoms with Crippen molar-refractivity contribution >= 4 is 62.6 Å². The molecule has 3 aromatic carbocycles. The van der Waals surface area contributed by atoms with Crippen LogP contribution >= 0.6 is 23.4 Å². The van der Waals surface area contributed by atoms with E-state index in [2.05, 4.69) is 10.6 Å². The van der Waals surface area contributed by atoms with Gasteiger partial charge in [0.05, 0.1) is 22.2 Å². The Bertz CT molecular complexity index is 1110. The van der Waals surface area contributed by atoms with Gasteiger partial charge in [0.1, 0.15) is 0 Å². The lowest BCUT2D eigenvalue weighted by molar-refractivity contribution is -0.113. The van der Waals surface area contributed by atoms with Gasteiger partial charge in [-0.15, -0.1) is 0 Å². The smallest absolute Gasteiger partial charge is 0.286 e. The molecule has 0 spiro atoms. The van der Waals surface area contributed by atoms with Crippen LogP contribution in [0.5, 0.6) is 0 Å². The van der Waals surface area contributed by atoms with E-state index in [-0.39, 0.29) is 27.8 Å². The first-order chi connectivity index (χ1) is 14.4. The number of anilines is 2. The van der Waals surface area contributed by atoms with Crippen LogP contribution in [0, 0.1) is 0 Å². The van der Waals surface area contributed by atoms with Gasteiger partial charge in [-0.05, 0) is 29.7 Å². The number of benzene rings is 3. The normalized spacial score (nSPS) is 10.5. The fourth-order valence-corrected chi connectivity index (χ4v) is 3.76. The minimum absolute atomic E-state index is 0.0680. The molecule has 0 radical (unpaired) electrons. The molecule has 0 fully saturated rings. The Morgan fingerprint density at radius 3 is 2.50 bits per heavy atom. The number of amides is 3. The van der Waals surface area contributed by atoms with Crippen molar-refractivity contribution in [2.75, 3.05) is 30.1 Å². The average Bonchev–Trinajstić information content (AvgIpc) is 2.77. The molecule has 3 amide bonds. The van der Waals surface area contributed by atoms with Gasteiger partial charge in [-0.3, -0.25) is 14.4 Å². The highest BCUT2D eigenvalue weighted by molar-refractivity contribution is 8.14. The maximum atomic E-state index is 12.6. The molecule has 6 nitrogen and oxygen atoms in total. The molecule has 0 saturated carbocycles. The topological polar surface area (TPSA) is 78.5 Å². The minimum atomic E-state index is -0.366. The van der Waals surface area contributed by atoms with Gasteiger partial charge in [0.2, 0.25) is 5.91 Å². The van der Waals surface area contributed by atoms with Crippen LogP contribution in [0.2, 0.25) is 5.02 Å². The van der Waals surface area contributed by atoms with Gasteiger partial charge in [0, 0.05) is 25.0 Å². The van der Waals surface area contributed by atoms with E-state index in [0.717, 1.165) is 28.2 Å². The molecule has 3 rings (SSSR count). The summed E-state index contributed by atoms with van der Waals surface area (Å²) < 4.78 is 0. The predicted octanol–water partition coefficient (Wildman–Crippen LogP) is 4.78. The predicted molar refractivity (Wildman–Crippen MR) is 124 cm³/mol. The van der Waals surface area contributed by atoms with Crippen molar-refractivity contribution in [3.05, 3.63) is 71.2 Å². The Labute approximate surface area is 183 Å². The zero-order valence-electron chi connectivity index (χ0n) is 16.4. The van der Waals surface area contributed by atoms with Crippen LogP contribution in [-0.2, 0) is 4.79 Å². The van der Waals surface area contributed by atoms with E-state index in [1.807, 2.05) is 42.5 Å². The largest absolute Gasteiger partial charge is 0.355 e. The zero-order valence-corrected chi connectivity index (χ0v) is 18.0. The summed E-state index contributed by atoms with van der Waals surface area (Å²) in [7, 11) is 3.21. The molecule has 2 N–H and O–H groups in total. The average molecular weight is 442 g/mol. The molecule has 8 heteroatoms. The van der Waals surface area contributed by atoms with Gasteiger partial charge in [-0.2, -0.15) is 0 Å². The molecule has 0 saturated heterocycles. The highest BCUT2D eigenvalue weighted by Gasteiger charge is 2.16. The van der Waals surface area contributed by atoms with Crippen LogP contribution in [0.3, 0.4) is 0 Å². The van der Waals surface area contributed by atoms with E-state index in [4.69, 9.17) is 11.6 Å². The van der Waals surface area contributed by atoms with Gasteiger partial charge in [0.15, 0.2) is 0 Å². The molecule has 0 aromatic heterocycles. The lowest BCUT2D eigenvalue weighted by atomic mass is 10.1. The molecule has 0 aliphatic rings. The Kier molecular flexibility index (Phi) is 6.97. The van der Waals surface area contributed by atoms with Gasteiger partial charge in [-0.1, -0.05) is 59.8 Å². The molecular weight excluding hydrogens is 422 g/mol. The van der Waals surface area contributed by atoms with Gasteiger partial charge in [0.25, 0.3) is 11.1 Å². The molecule has 154 valence electrons. The summed E-state index contributed by atoms with van der Waals surface area (Å²) in [6, 6.07) is 18.1. The molecule has 0 unspecified atom stereocenters. The standard InChI is InChI=1S/C22H20ClN3O3S/c1-24-21(28)15-10-11-18(17(23)12-15)25-20(27)13-30-22(29)26(2)19-9-5-7-14-6-3-4-8-16(14)19/h3-12H,13H2,1-2H3,(H,24,28)(H,25,27). The van der Waals surface area contributed by atoms with Crippen molar-refractivity contribution in [1.82, 2.24) is 5.32 Å². The van der Waals surface area contributed by atoms with E-state index < -0.39 is 0 Å². The number of halogens is 1. The first kappa shape index (κ1) is 21.7. The first-order valence-electron chi connectivity index (χ1n) is 9.10. The first-order valence-corrected chi connectivity index (χ1v) is 10.5. The van der Waals surface area contributed by atoms with Crippen molar-refractivity contribution in [2.45, 2.75) is 0 Å². The Balaban J connectivity index is 1.62. The monoisotopic (exact) mass is 441 g/mol. The highest BCUT2D eigenvalue weighted by atomic mass is 35.5. The maximum Gasteiger partial charge on any atom is 0.286 e. The van der Waals surface area contributed by atoms with Crippen molar-refractivity contribution in [1.29, 1.82) is 0 Å². The fourth-order valence-electron chi connectivity index (χ4n) is 2.91. The lowest BCUT2D eigenvalue weighted by Crippen LogP contribution is -2.24. The number of hydrogen-bond donors (Lipinski definition) is 2. The molecule has 0 bridgehead atoms. The minimum Gasteiger partial charge on any atom is -0.355 e. The third-order valence-electron chi connectivity index (χ3n) is 4.46. The van der Waals surface area contributed by atoms with E-state index >= 15 is 0 Å². The summed E-state index contributed by atoms with van der Waals surface area (Å²) in [4.78, 5) is 38.0. The molecule has 0 heterocycles. The molecule has 0 aliphatic heterocycles. The van der Waals surface area contributed by atoms with Gasteiger partial charge < -0.3 is 15.5 Å². The van der Waals surface area contributed by atoms with E-state index in [0.29, 0.717) is 11.3 Å². The molecule has 0 atom stereocenters. The van der Waals surface area contributed by atoms with E-state index in [1.165, 1.54) is 18.0 Å². The SMILES string of the molecule is CNC(=O)c1ccc(NC(=O)CSC(=O)N(C)c2cccc3ccccc23)c(Cl)c1. The summed E-state index contributed by atoms with van der Waals surface area (Å²) >= 11 is 7.05. The molecule has 30 heavy (non-hydrogen) atoms. The van der Waals surface area contributed by atoms with Crippen LogP contribution in [0.15, 0.2) is 60.7 Å². The number of carbonyl (C=O) groups is 3. The third-order valence-corrected chi connectivity index (χ3v) is 5.70. The summed E-state index contributed by atoms with van der Waals surface area (Å²) in [6.45, 7) is 0. The van der Waals surface area contributed by atoms with E-state index in [1.54, 1.807) is 19.2 Å². The van der Waals surface area contributed by atoms with Gasteiger partial charge in [-0.25, -0.2) is 0 Å². The fraction of sp³-hybridized carbons (Fsp3) is 0.136. The summed E-state index contributed by atoms with van der Waals surface area (Å²) in [5, 5.41) is 7.16. The quantitative estimate of drug-likeness (QED) is 0.597. The number of fused-ring (bicyclic) bond motifs is 1. The summed E-state index contributed by atoms with van der Waals surface area (Å²) in [6.07, 6.45) is 0. The van der Waals surface area contributed by atoms with E-state index in [9.17, 15) is 14.4 Å². The lowest BCUT2D eigenvalue weighted by Gasteiger charge is -2.18. The summed E-state index contributed by atoms with van der Waals surface area (Å²) in [5.41, 5.74) is 1.55. The number of hydrogen-bond acceptors (Lipinski definition) is 4. The number of nitrogens with one attached hydrogen (secondary N) is 2. The van der Waals surface area contributed by atoms with Crippen molar-refractivity contribution in [3.63, 3.8) is 0 Å². The van der Waals surface area contributed by atoms with Crippen LogP contribution in [0.1, 0.15) is 10.4 Å². The second kappa shape index (κ2) is 9.65. The molecule has 3 aromatic rings. The highest BCUT2D eigenvalue weighted by Crippen LogP contribution is 2.28. The van der Waals surface area contributed by atoms with Crippen LogP contribution in [-0.4, -0.2) is 36.9 Å². The number of rotatable bonds is 5. The zero-order chi connectivity index (χ0) is 21.7. The van der Waals surface area contributed by atoms with Crippen molar-refractivity contribution in [3.8, 4) is 0 Å².